The van der Waals surface area contributed by atoms with E-state index in [0.717, 1.165) is 5.56 Å². The second kappa shape index (κ2) is 7.25. The lowest BCUT2D eigenvalue weighted by Crippen LogP contribution is -2.26. The molecule has 1 aromatic rings. The summed E-state index contributed by atoms with van der Waals surface area (Å²) in [6.07, 6.45) is -1.45. The normalized spacial score (nSPS) is 9.63. The Morgan fingerprint density at radius 1 is 1.16 bits per heavy atom. The number of carbonyl (C=O) groups excluding carboxylic acids is 2. The number of amides is 1. The molecule has 6 nitrogen and oxygen atoms in total. The van der Waals surface area contributed by atoms with Gasteiger partial charge in [-0.25, -0.2) is 9.59 Å². The Hall–Kier alpha value is -2.24. The highest BCUT2D eigenvalue weighted by molar-refractivity contribution is 5.72. The van der Waals surface area contributed by atoms with Crippen molar-refractivity contribution in [2.24, 2.45) is 0 Å². The fourth-order valence-corrected chi connectivity index (χ4v) is 1.30. The number of nitrogens with one attached hydrogen (secondary N) is 1. The summed E-state index contributed by atoms with van der Waals surface area (Å²) in [6.45, 7) is 5.92. The second-order valence-electron chi connectivity index (χ2n) is 3.66. The second-order valence-corrected chi connectivity index (χ2v) is 3.66. The van der Waals surface area contributed by atoms with Crippen molar-refractivity contribution in [2.75, 3.05) is 13.2 Å². The first-order valence-electron chi connectivity index (χ1n) is 5.97. The molecule has 6 heteroatoms. The maximum absolute atomic E-state index is 11.4. The third kappa shape index (κ3) is 4.87. The van der Waals surface area contributed by atoms with Gasteiger partial charge in [0.05, 0.1) is 6.61 Å². The summed E-state index contributed by atoms with van der Waals surface area (Å²) in [5, 5.41) is 2.49. The lowest BCUT2D eigenvalue weighted by molar-refractivity contribution is 0.103. The number of aryl methyl sites for hydroxylation is 1. The SMILES string of the molecule is CCNC(=O)Oc1cc(C)ccc1OC(=O)OCC. The average molecular weight is 267 g/mol. The van der Waals surface area contributed by atoms with Crippen LogP contribution in [-0.4, -0.2) is 25.4 Å². The van der Waals surface area contributed by atoms with Crippen molar-refractivity contribution in [3.8, 4) is 11.5 Å². The quantitative estimate of drug-likeness (QED) is 0.670. The van der Waals surface area contributed by atoms with Gasteiger partial charge in [-0.3, -0.25) is 0 Å². The van der Waals surface area contributed by atoms with Crippen LogP contribution in [0.1, 0.15) is 19.4 Å². The highest BCUT2D eigenvalue weighted by Crippen LogP contribution is 2.28. The molecule has 19 heavy (non-hydrogen) atoms. The Morgan fingerprint density at radius 3 is 2.53 bits per heavy atom. The molecule has 0 aromatic heterocycles. The molecule has 0 heterocycles. The van der Waals surface area contributed by atoms with Crippen molar-refractivity contribution < 1.29 is 23.8 Å². The van der Waals surface area contributed by atoms with Gasteiger partial charge in [0.15, 0.2) is 11.5 Å². The minimum atomic E-state index is -0.841. The van der Waals surface area contributed by atoms with Crippen LogP contribution in [0.5, 0.6) is 11.5 Å². The summed E-state index contributed by atoms with van der Waals surface area (Å²) in [5.41, 5.74) is 0.871. The molecular formula is C13H17NO5. The minimum Gasteiger partial charge on any atom is -0.434 e. The Kier molecular flexibility index (Phi) is 5.66. The molecule has 1 amide bonds. The topological polar surface area (TPSA) is 73.9 Å². The van der Waals surface area contributed by atoms with Crippen molar-refractivity contribution in [2.45, 2.75) is 20.8 Å². The van der Waals surface area contributed by atoms with Gasteiger partial charge in [-0.1, -0.05) is 6.07 Å². The van der Waals surface area contributed by atoms with Gasteiger partial charge >= 0.3 is 12.2 Å². The van der Waals surface area contributed by atoms with Crippen LogP contribution in [-0.2, 0) is 4.74 Å². The van der Waals surface area contributed by atoms with Crippen LogP contribution < -0.4 is 14.8 Å². The highest BCUT2D eigenvalue weighted by atomic mass is 16.7. The predicted octanol–water partition coefficient (Wildman–Crippen LogP) is 2.64. The number of rotatable bonds is 4. The van der Waals surface area contributed by atoms with Crippen molar-refractivity contribution in [1.29, 1.82) is 0 Å². The monoisotopic (exact) mass is 267 g/mol. The number of benzene rings is 1. The minimum absolute atomic E-state index is 0.135. The van der Waals surface area contributed by atoms with Crippen molar-refractivity contribution in [3.05, 3.63) is 23.8 Å². The van der Waals surface area contributed by atoms with E-state index >= 15 is 0 Å². The molecule has 0 radical (unpaired) electrons. The summed E-state index contributed by atoms with van der Waals surface area (Å²) in [5.74, 6) is 0.300. The van der Waals surface area contributed by atoms with Crippen LogP contribution in [0.15, 0.2) is 18.2 Å². The lowest BCUT2D eigenvalue weighted by atomic mass is 10.2. The number of hydrogen-bond acceptors (Lipinski definition) is 5. The number of hydrogen-bond donors (Lipinski definition) is 1. The largest absolute Gasteiger partial charge is 0.513 e. The zero-order chi connectivity index (χ0) is 14.3. The summed E-state index contributed by atoms with van der Waals surface area (Å²) in [7, 11) is 0. The summed E-state index contributed by atoms with van der Waals surface area (Å²) in [4.78, 5) is 22.6. The molecule has 0 bridgehead atoms. The Morgan fingerprint density at radius 2 is 1.89 bits per heavy atom. The van der Waals surface area contributed by atoms with Gasteiger partial charge in [0.1, 0.15) is 0 Å². The van der Waals surface area contributed by atoms with Crippen molar-refractivity contribution in [3.63, 3.8) is 0 Å². The smallest absolute Gasteiger partial charge is 0.434 e. The van der Waals surface area contributed by atoms with Crippen LogP contribution in [0.25, 0.3) is 0 Å². The maximum atomic E-state index is 11.4. The van der Waals surface area contributed by atoms with Gasteiger partial charge in [0.2, 0.25) is 0 Å². The van der Waals surface area contributed by atoms with Crippen LogP contribution in [0, 0.1) is 6.92 Å². The Bertz CT molecular complexity index is 458. The molecule has 0 spiro atoms. The zero-order valence-corrected chi connectivity index (χ0v) is 11.2. The molecule has 0 aliphatic rings. The van der Waals surface area contributed by atoms with Crippen molar-refractivity contribution in [1.82, 2.24) is 5.32 Å². The van der Waals surface area contributed by atoms with E-state index in [0.29, 0.717) is 6.54 Å². The molecule has 0 atom stereocenters. The van der Waals surface area contributed by atoms with E-state index < -0.39 is 12.2 Å². The highest BCUT2D eigenvalue weighted by Gasteiger charge is 2.14. The molecule has 1 rings (SSSR count). The Labute approximate surface area is 111 Å². The molecule has 0 saturated heterocycles. The molecular weight excluding hydrogens is 250 g/mol. The first kappa shape index (κ1) is 14.8. The average Bonchev–Trinajstić information content (AvgIpc) is 2.33. The van der Waals surface area contributed by atoms with Crippen LogP contribution in [0.2, 0.25) is 0 Å². The number of ether oxygens (including phenoxy) is 3. The van der Waals surface area contributed by atoms with Gasteiger partial charge < -0.3 is 19.5 Å². The standard InChI is InChI=1S/C13H17NO5/c1-4-14-12(15)18-11-8-9(3)6-7-10(11)19-13(16)17-5-2/h6-8H,4-5H2,1-3H3,(H,14,15). The molecule has 1 N–H and O–H groups in total. The molecule has 0 fully saturated rings. The Balaban J connectivity index is 2.85. The van der Waals surface area contributed by atoms with E-state index in [1.165, 1.54) is 0 Å². The molecule has 0 unspecified atom stereocenters. The molecule has 0 aliphatic heterocycles. The zero-order valence-electron chi connectivity index (χ0n) is 11.2. The lowest BCUT2D eigenvalue weighted by Gasteiger charge is -2.11. The maximum Gasteiger partial charge on any atom is 0.513 e. The first-order valence-corrected chi connectivity index (χ1v) is 5.97. The van der Waals surface area contributed by atoms with Crippen LogP contribution in [0.3, 0.4) is 0 Å². The van der Waals surface area contributed by atoms with Gasteiger partial charge in [-0.15, -0.1) is 0 Å². The fraction of sp³-hybridized carbons (Fsp3) is 0.385. The summed E-state index contributed by atoms with van der Waals surface area (Å²) in [6, 6.07) is 4.88. The van der Waals surface area contributed by atoms with Gasteiger partial charge in [0, 0.05) is 6.54 Å². The van der Waals surface area contributed by atoms with E-state index in [9.17, 15) is 9.59 Å². The molecule has 0 saturated carbocycles. The number of carbonyl (C=O) groups is 2. The van der Waals surface area contributed by atoms with Crippen LogP contribution in [0.4, 0.5) is 9.59 Å². The van der Waals surface area contributed by atoms with E-state index in [4.69, 9.17) is 9.47 Å². The van der Waals surface area contributed by atoms with E-state index in [1.807, 2.05) is 6.92 Å². The molecule has 1 aromatic carbocycles. The van der Waals surface area contributed by atoms with E-state index in [1.54, 1.807) is 32.0 Å². The third-order valence-corrected chi connectivity index (χ3v) is 2.08. The molecule has 0 aliphatic carbocycles. The van der Waals surface area contributed by atoms with Gasteiger partial charge in [-0.2, -0.15) is 0 Å². The fourth-order valence-electron chi connectivity index (χ4n) is 1.30. The first-order chi connectivity index (χ1) is 9.06. The van der Waals surface area contributed by atoms with Crippen LogP contribution >= 0.6 is 0 Å². The van der Waals surface area contributed by atoms with E-state index in [2.05, 4.69) is 10.1 Å². The van der Waals surface area contributed by atoms with Crippen molar-refractivity contribution >= 4 is 12.2 Å². The van der Waals surface area contributed by atoms with Gasteiger partial charge in [-0.05, 0) is 38.5 Å². The van der Waals surface area contributed by atoms with E-state index in [-0.39, 0.29) is 18.1 Å². The van der Waals surface area contributed by atoms with Gasteiger partial charge in [0.25, 0.3) is 0 Å². The summed E-state index contributed by atoms with van der Waals surface area (Å²) >= 11 is 0. The molecule has 104 valence electrons. The predicted molar refractivity (Wildman–Crippen MR) is 68.5 cm³/mol. The third-order valence-electron chi connectivity index (χ3n) is 2.08. The summed E-state index contributed by atoms with van der Waals surface area (Å²) < 4.78 is 14.7.